The minimum atomic E-state index is 0.408. The van der Waals surface area contributed by atoms with Gasteiger partial charge in [-0.25, -0.2) is 0 Å². The summed E-state index contributed by atoms with van der Waals surface area (Å²) in [7, 11) is 2.25. The molecule has 5 aliphatic rings. The van der Waals surface area contributed by atoms with Crippen molar-refractivity contribution < 1.29 is 9.47 Å². The number of likely N-dealkylation sites (N-methyl/N-ethyl adjacent to an activating group) is 1. The topological polar surface area (TPSA) is 57.8 Å². The summed E-state index contributed by atoms with van der Waals surface area (Å²) in [6, 6.07) is 2.30. The number of nitrogens with zero attached hydrogens (tertiary/aromatic N) is 1. The second-order valence-corrected chi connectivity index (χ2v) is 10.7. The molecule has 0 bridgehead atoms. The van der Waals surface area contributed by atoms with E-state index in [2.05, 4.69) is 40.9 Å². The smallest absolute Gasteiger partial charge is 0.0670 e. The van der Waals surface area contributed by atoms with Crippen molar-refractivity contribution in [2.24, 2.45) is 11.8 Å². The third kappa shape index (κ3) is 4.94. The summed E-state index contributed by atoms with van der Waals surface area (Å²) in [4.78, 5) is 2.45. The number of hydrogen-bond donors (Lipinski definition) is 3. The van der Waals surface area contributed by atoms with Crippen molar-refractivity contribution in [3.8, 4) is 0 Å². The first kappa shape index (κ1) is 21.4. The average molecular weight is 419 g/mol. The Kier molecular flexibility index (Phi) is 6.80. The first-order chi connectivity index (χ1) is 14.6. The molecule has 30 heavy (non-hydrogen) atoms. The summed E-state index contributed by atoms with van der Waals surface area (Å²) in [6.45, 7) is 7.37. The van der Waals surface area contributed by atoms with Crippen molar-refractivity contribution in [3.05, 3.63) is 11.6 Å². The van der Waals surface area contributed by atoms with E-state index in [1.54, 1.807) is 5.57 Å². The van der Waals surface area contributed by atoms with E-state index in [1.807, 2.05) is 0 Å². The van der Waals surface area contributed by atoms with E-state index in [-0.39, 0.29) is 0 Å². The molecule has 6 heteroatoms. The number of ether oxygens (including phenoxy) is 2. The molecule has 0 aromatic rings. The molecule has 7 unspecified atom stereocenters. The first-order valence-electron chi connectivity index (χ1n) is 12.5. The van der Waals surface area contributed by atoms with Crippen molar-refractivity contribution in [1.82, 2.24) is 20.9 Å². The molecule has 3 saturated heterocycles. The highest BCUT2D eigenvalue weighted by molar-refractivity contribution is 5.15. The van der Waals surface area contributed by atoms with E-state index in [0.29, 0.717) is 42.4 Å². The fraction of sp³-hybridized carbons (Fsp3) is 0.917. The highest BCUT2D eigenvalue weighted by Crippen LogP contribution is 2.43. The Bertz CT molecular complexity index is 610. The molecule has 0 aromatic carbocycles. The highest BCUT2D eigenvalue weighted by Gasteiger charge is 2.43. The van der Waals surface area contributed by atoms with Crippen LogP contribution in [0.25, 0.3) is 0 Å². The fourth-order valence-electron chi connectivity index (χ4n) is 6.60. The molecule has 0 spiro atoms. The molecule has 1 aliphatic carbocycles. The summed E-state index contributed by atoms with van der Waals surface area (Å²) >= 11 is 0. The van der Waals surface area contributed by atoms with E-state index >= 15 is 0 Å². The van der Waals surface area contributed by atoms with Gasteiger partial charge in [-0.2, -0.15) is 0 Å². The van der Waals surface area contributed by atoms with Gasteiger partial charge >= 0.3 is 0 Å². The average Bonchev–Trinajstić information content (AvgIpc) is 3.04. The van der Waals surface area contributed by atoms with E-state index < -0.39 is 0 Å². The van der Waals surface area contributed by atoms with Crippen LogP contribution < -0.4 is 16.0 Å². The van der Waals surface area contributed by atoms with Gasteiger partial charge in [0.25, 0.3) is 0 Å². The zero-order chi connectivity index (χ0) is 20.5. The fourth-order valence-corrected chi connectivity index (χ4v) is 6.60. The quantitative estimate of drug-likeness (QED) is 0.593. The normalized spacial score (nSPS) is 43.5. The SMILES string of the molecule is CC1CC(NC2COC2)CC(NC2CC3CCOC3C(C3=CCN(C)CCC3)C2)N1. The van der Waals surface area contributed by atoms with E-state index in [1.165, 1.54) is 51.5 Å². The molecule has 0 amide bonds. The Morgan fingerprint density at radius 2 is 1.93 bits per heavy atom. The van der Waals surface area contributed by atoms with Crippen molar-refractivity contribution >= 4 is 0 Å². The first-order valence-corrected chi connectivity index (χ1v) is 12.5. The molecule has 4 fully saturated rings. The Balaban J connectivity index is 1.23. The lowest BCUT2D eigenvalue weighted by Gasteiger charge is -2.44. The van der Waals surface area contributed by atoms with Crippen molar-refractivity contribution in [2.75, 3.05) is 40.0 Å². The second kappa shape index (κ2) is 9.55. The molecule has 0 radical (unpaired) electrons. The minimum Gasteiger partial charge on any atom is -0.378 e. The van der Waals surface area contributed by atoms with Gasteiger partial charge in [-0.3, -0.25) is 10.6 Å². The van der Waals surface area contributed by atoms with Crippen molar-refractivity contribution in [3.63, 3.8) is 0 Å². The molecule has 5 rings (SSSR count). The third-order valence-corrected chi connectivity index (χ3v) is 8.12. The number of nitrogens with one attached hydrogen (secondary N) is 3. The molecule has 4 heterocycles. The zero-order valence-corrected chi connectivity index (χ0v) is 18.9. The van der Waals surface area contributed by atoms with Crippen LogP contribution in [-0.4, -0.2) is 81.3 Å². The van der Waals surface area contributed by atoms with Crippen molar-refractivity contribution in [2.45, 2.75) is 88.3 Å². The number of rotatable bonds is 5. The Labute approximate surface area is 182 Å². The van der Waals surface area contributed by atoms with Gasteiger partial charge in [0.15, 0.2) is 0 Å². The summed E-state index contributed by atoms with van der Waals surface area (Å²) in [6.07, 6.45) is 12.1. The lowest BCUT2D eigenvalue weighted by molar-refractivity contribution is -0.0144. The molecular weight excluding hydrogens is 376 g/mol. The van der Waals surface area contributed by atoms with Gasteiger partial charge in [0.2, 0.25) is 0 Å². The van der Waals surface area contributed by atoms with Crippen LogP contribution in [0.2, 0.25) is 0 Å². The van der Waals surface area contributed by atoms with Gasteiger partial charge < -0.3 is 19.7 Å². The van der Waals surface area contributed by atoms with Crippen LogP contribution in [0.3, 0.4) is 0 Å². The summed E-state index contributed by atoms with van der Waals surface area (Å²) in [5.74, 6) is 1.34. The van der Waals surface area contributed by atoms with Gasteiger partial charge in [0, 0.05) is 37.2 Å². The van der Waals surface area contributed by atoms with Gasteiger partial charge in [-0.15, -0.1) is 0 Å². The largest absolute Gasteiger partial charge is 0.378 e. The third-order valence-electron chi connectivity index (χ3n) is 8.12. The summed E-state index contributed by atoms with van der Waals surface area (Å²) < 4.78 is 11.7. The van der Waals surface area contributed by atoms with E-state index in [0.717, 1.165) is 32.3 Å². The highest BCUT2D eigenvalue weighted by atomic mass is 16.5. The molecule has 1 saturated carbocycles. The van der Waals surface area contributed by atoms with Gasteiger partial charge in [-0.1, -0.05) is 11.6 Å². The van der Waals surface area contributed by atoms with Gasteiger partial charge in [-0.05, 0) is 71.4 Å². The molecule has 3 N–H and O–H groups in total. The molecule has 4 aliphatic heterocycles. The van der Waals surface area contributed by atoms with Crippen LogP contribution in [0.5, 0.6) is 0 Å². The predicted molar refractivity (Wildman–Crippen MR) is 119 cm³/mol. The molecule has 6 nitrogen and oxygen atoms in total. The Morgan fingerprint density at radius 1 is 1.07 bits per heavy atom. The number of hydrogen-bond acceptors (Lipinski definition) is 6. The van der Waals surface area contributed by atoms with Gasteiger partial charge in [0.1, 0.15) is 0 Å². The minimum absolute atomic E-state index is 0.408. The van der Waals surface area contributed by atoms with E-state index in [9.17, 15) is 0 Å². The second-order valence-electron chi connectivity index (χ2n) is 10.7. The molecular formula is C24H42N4O2. The van der Waals surface area contributed by atoms with Crippen LogP contribution in [-0.2, 0) is 9.47 Å². The number of piperidine rings is 1. The maximum Gasteiger partial charge on any atom is 0.0670 e. The molecule has 7 atom stereocenters. The number of fused-ring (bicyclic) bond motifs is 1. The van der Waals surface area contributed by atoms with E-state index in [4.69, 9.17) is 9.47 Å². The summed E-state index contributed by atoms with van der Waals surface area (Å²) in [5.41, 5.74) is 1.68. The van der Waals surface area contributed by atoms with Crippen LogP contribution in [0.4, 0.5) is 0 Å². The van der Waals surface area contributed by atoms with Crippen LogP contribution in [0.1, 0.15) is 51.9 Å². The standard InChI is InChI=1S/C24H42N4O2/c1-16-10-19(26-21-14-29-15-21)13-23(25-16)27-20-11-18-6-9-30-24(18)22(12-20)17-4-3-7-28(2)8-5-17/h5,16,18-27H,3-4,6-15H2,1-2H3. The molecule has 170 valence electrons. The maximum absolute atomic E-state index is 6.31. The van der Waals surface area contributed by atoms with Crippen molar-refractivity contribution in [1.29, 1.82) is 0 Å². The Morgan fingerprint density at radius 3 is 2.77 bits per heavy atom. The maximum atomic E-state index is 6.31. The van der Waals surface area contributed by atoms with Gasteiger partial charge in [0.05, 0.1) is 31.5 Å². The van der Waals surface area contributed by atoms with Crippen LogP contribution >= 0.6 is 0 Å². The molecule has 0 aromatic heterocycles. The van der Waals surface area contributed by atoms with Crippen LogP contribution in [0, 0.1) is 11.8 Å². The zero-order valence-electron chi connectivity index (χ0n) is 18.9. The predicted octanol–water partition coefficient (Wildman–Crippen LogP) is 1.87. The summed E-state index contributed by atoms with van der Waals surface area (Å²) in [5, 5.41) is 11.7. The lowest BCUT2D eigenvalue weighted by atomic mass is 9.72. The lowest BCUT2D eigenvalue weighted by Crippen LogP contribution is -2.61. The van der Waals surface area contributed by atoms with Crippen LogP contribution in [0.15, 0.2) is 11.6 Å². The monoisotopic (exact) mass is 418 g/mol. The Hall–Kier alpha value is -0.500.